The summed E-state index contributed by atoms with van der Waals surface area (Å²) in [5.41, 5.74) is 7.85. The molecule has 1 aromatic carbocycles. The van der Waals surface area contributed by atoms with Crippen molar-refractivity contribution in [1.29, 1.82) is 0 Å². The van der Waals surface area contributed by atoms with Crippen LogP contribution in [0.4, 0.5) is 11.4 Å². The number of fused-ring (bicyclic) bond motifs is 1. The molecule has 74 valence electrons. The van der Waals surface area contributed by atoms with Crippen molar-refractivity contribution in [3.63, 3.8) is 0 Å². The molecule has 3 N–H and O–H groups in total. The molecule has 0 saturated heterocycles. The van der Waals surface area contributed by atoms with Crippen molar-refractivity contribution in [3.8, 4) is 0 Å². The minimum absolute atomic E-state index is 0.0463. The fourth-order valence-corrected chi connectivity index (χ4v) is 1.56. The van der Waals surface area contributed by atoms with E-state index in [0.717, 1.165) is 12.2 Å². The molecular weight excluding hydrogens is 178 g/mol. The smallest absolute Gasteiger partial charge is 0.255 e. The molecule has 1 amide bonds. The van der Waals surface area contributed by atoms with Crippen LogP contribution in [0.3, 0.4) is 0 Å². The minimum atomic E-state index is 0.0463. The van der Waals surface area contributed by atoms with Gasteiger partial charge in [-0.1, -0.05) is 0 Å². The number of nitrogens with two attached hydrogens (primary N) is 1. The molecular formula is C10H13N3O. The third kappa shape index (κ3) is 1.39. The van der Waals surface area contributed by atoms with Gasteiger partial charge in [-0.2, -0.15) is 0 Å². The van der Waals surface area contributed by atoms with Gasteiger partial charge >= 0.3 is 0 Å². The van der Waals surface area contributed by atoms with Crippen molar-refractivity contribution < 1.29 is 4.79 Å². The topological polar surface area (TPSA) is 58.4 Å². The van der Waals surface area contributed by atoms with E-state index in [9.17, 15) is 4.79 Å². The molecule has 0 bridgehead atoms. The second kappa shape index (κ2) is 3.21. The SMILES string of the molecule is CN1CCNc2cc(N)ccc2C1=O. The summed E-state index contributed by atoms with van der Waals surface area (Å²) in [6, 6.07) is 5.31. The van der Waals surface area contributed by atoms with Gasteiger partial charge in [-0.05, 0) is 18.2 Å². The standard InChI is InChI=1S/C10H13N3O/c1-13-5-4-12-9-6-7(11)2-3-8(9)10(13)14/h2-3,6,12H,4-5,11H2,1H3. The first-order valence-corrected chi connectivity index (χ1v) is 4.57. The quantitative estimate of drug-likeness (QED) is 0.595. The molecule has 1 aliphatic heterocycles. The number of nitrogen functional groups attached to an aromatic ring is 1. The normalized spacial score (nSPS) is 15.8. The number of hydrogen-bond acceptors (Lipinski definition) is 3. The number of likely N-dealkylation sites (N-methyl/N-ethyl adjacent to an activating group) is 1. The third-order valence-electron chi connectivity index (χ3n) is 2.38. The fraction of sp³-hybridized carbons (Fsp3) is 0.300. The van der Waals surface area contributed by atoms with E-state index >= 15 is 0 Å². The number of benzene rings is 1. The number of hydrogen-bond donors (Lipinski definition) is 2. The first-order valence-electron chi connectivity index (χ1n) is 4.57. The summed E-state index contributed by atoms with van der Waals surface area (Å²) in [5.74, 6) is 0.0463. The van der Waals surface area contributed by atoms with Crippen LogP contribution in [-0.4, -0.2) is 30.9 Å². The maximum Gasteiger partial charge on any atom is 0.255 e. The van der Waals surface area contributed by atoms with E-state index < -0.39 is 0 Å². The van der Waals surface area contributed by atoms with Gasteiger partial charge < -0.3 is 16.0 Å². The largest absolute Gasteiger partial charge is 0.399 e. The molecule has 0 aliphatic carbocycles. The molecule has 1 heterocycles. The van der Waals surface area contributed by atoms with Crippen LogP contribution in [0.1, 0.15) is 10.4 Å². The van der Waals surface area contributed by atoms with Crippen molar-refractivity contribution in [1.82, 2.24) is 4.90 Å². The molecule has 0 saturated carbocycles. The van der Waals surface area contributed by atoms with Crippen LogP contribution in [0, 0.1) is 0 Å². The first kappa shape index (κ1) is 8.87. The predicted octanol–water partition coefficient (Wildman–Crippen LogP) is 0.766. The highest BCUT2D eigenvalue weighted by Crippen LogP contribution is 2.22. The molecule has 14 heavy (non-hydrogen) atoms. The molecule has 0 unspecified atom stereocenters. The molecule has 0 spiro atoms. The highest BCUT2D eigenvalue weighted by atomic mass is 16.2. The molecule has 0 fully saturated rings. The Labute approximate surface area is 82.7 Å². The van der Waals surface area contributed by atoms with Crippen molar-refractivity contribution in [2.45, 2.75) is 0 Å². The summed E-state index contributed by atoms with van der Waals surface area (Å²) in [6.45, 7) is 1.48. The Morgan fingerprint density at radius 3 is 3.07 bits per heavy atom. The number of nitrogens with one attached hydrogen (secondary N) is 1. The van der Waals surface area contributed by atoms with Gasteiger partial charge in [-0.3, -0.25) is 4.79 Å². The van der Waals surface area contributed by atoms with Gasteiger partial charge in [0.15, 0.2) is 0 Å². The van der Waals surface area contributed by atoms with Gasteiger partial charge in [0.2, 0.25) is 0 Å². The minimum Gasteiger partial charge on any atom is -0.399 e. The lowest BCUT2D eigenvalue weighted by molar-refractivity contribution is 0.0805. The van der Waals surface area contributed by atoms with Gasteiger partial charge in [0.1, 0.15) is 0 Å². The van der Waals surface area contributed by atoms with Gasteiger partial charge in [-0.15, -0.1) is 0 Å². The maximum absolute atomic E-state index is 11.8. The average Bonchev–Trinajstić information content (AvgIpc) is 2.28. The lowest BCUT2D eigenvalue weighted by Crippen LogP contribution is -2.27. The number of rotatable bonds is 0. The summed E-state index contributed by atoms with van der Waals surface area (Å²) < 4.78 is 0. The van der Waals surface area contributed by atoms with Crippen LogP contribution >= 0.6 is 0 Å². The number of carbonyl (C=O) groups excluding carboxylic acids is 1. The molecule has 1 aromatic rings. The molecule has 0 aromatic heterocycles. The van der Waals surface area contributed by atoms with Crippen molar-refractivity contribution in [2.75, 3.05) is 31.2 Å². The molecule has 4 heteroatoms. The van der Waals surface area contributed by atoms with Crippen molar-refractivity contribution in [2.24, 2.45) is 0 Å². The van der Waals surface area contributed by atoms with E-state index in [4.69, 9.17) is 5.73 Å². The van der Waals surface area contributed by atoms with Crippen LogP contribution in [0.5, 0.6) is 0 Å². The monoisotopic (exact) mass is 191 g/mol. The van der Waals surface area contributed by atoms with E-state index in [1.54, 1.807) is 30.1 Å². The van der Waals surface area contributed by atoms with Gasteiger partial charge in [0.05, 0.1) is 5.56 Å². The lowest BCUT2D eigenvalue weighted by Gasteiger charge is -2.12. The van der Waals surface area contributed by atoms with Crippen LogP contribution in [0.2, 0.25) is 0 Å². The molecule has 1 aliphatic rings. The summed E-state index contributed by atoms with van der Waals surface area (Å²) >= 11 is 0. The second-order valence-corrected chi connectivity index (χ2v) is 3.46. The van der Waals surface area contributed by atoms with Gasteiger partial charge in [0.25, 0.3) is 5.91 Å². The van der Waals surface area contributed by atoms with Crippen LogP contribution in [0.15, 0.2) is 18.2 Å². The Morgan fingerprint density at radius 1 is 1.50 bits per heavy atom. The summed E-state index contributed by atoms with van der Waals surface area (Å²) in [6.07, 6.45) is 0. The van der Waals surface area contributed by atoms with E-state index in [1.807, 2.05) is 0 Å². The Morgan fingerprint density at radius 2 is 2.29 bits per heavy atom. The molecule has 0 radical (unpaired) electrons. The fourth-order valence-electron chi connectivity index (χ4n) is 1.56. The van der Waals surface area contributed by atoms with E-state index in [2.05, 4.69) is 5.32 Å². The zero-order chi connectivity index (χ0) is 10.1. The highest BCUT2D eigenvalue weighted by Gasteiger charge is 2.18. The summed E-state index contributed by atoms with van der Waals surface area (Å²) in [5, 5.41) is 3.18. The molecule has 2 rings (SSSR count). The number of carbonyl (C=O) groups is 1. The van der Waals surface area contributed by atoms with Crippen LogP contribution < -0.4 is 11.1 Å². The Bertz CT molecular complexity index is 376. The van der Waals surface area contributed by atoms with E-state index in [0.29, 0.717) is 17.8 Å². The van der Waals surface area contributed by atoms with E-state index in [1.165, 1.54) is 0 Å². The first-order chi connectivity index (χ1) is 6.68. The molecule has 0 atom stereocenters. The van der Waals surface area contributed by atoms with Gasteiger partial charge in [0, 0.05) is 31.5 Å². The lowest BCUT2D eigenvalue weighted by atomic mass is 10.1. The number of nitrogens with zero attached hydrogens (tertiary/aromatic N) is 1. The number of amides is 1. The predicted molar refractivity (Wildman–Crippen MR) is 56.3 cm³/mol. The van der Waals surface area contributed by atoms with Crippen molar-refractivity contribution in [3.05, 3.63) is 23.8 Å². The van der Waals surface area contributed by atoms with Crippen LogP contribution in [-0.2, 0) is 0 Å². The summed E-state index contributed by atoms with van der Waals surface area (Å²) in [4.78, 5) is 13.5. The van der Waals surface area contributed by atoms with Crippen LogP contribution in [0.25, 0.3) is 0 Å². The van der Waals surface area contributed by atoms with Crippen molar-refractivity contribution >= 4 is 17.3 Å². The highest BCUT2D eigenvalue weighted by molar-refractivity contribution is 6.00. The Hall–Kier alpha value is -1.71. The number of anilines is 2. The molecule has 4 nitrogen and oxygen atoms in total. The third-order valence-corrected chi connectivity index (χ3v) is 2.38. The zero-order valence-electron chi connectivity index (χ0n) is 8.08. The van der Waals surface area contributed by atoms with Gasteiger partial charge in [-0.25, -0.2) is 0 Å². The second-order valence-electron chi connectivity index (χ2n) is 3.46. The van der Waals surface area contributed by atoms with E-state index in [-0.39, 0.29) is 5.91 Å². The Balaban J connectivity index is 2.48. The Kier molecular flexibility index (Phi) is 2.04. The maximum atomic E-state index is 11.8. The average molecular weight is 191 g/mol. The summed E-state index contributed by atoms with van der Waals surface area (Å²) in [7, 11) is 1.80. The zero-order valence-corrected chi connectivity index (χ0v) is 8.08.